The summed E-state index contributed by atoms with van der Waals surface area (Å²) < 4.78 is 50.3. The highest BCUT2D eigenvalue weighted by atomic mass is 79.9. The van der Waals surface area contributed by atoms with E-state index >= 15 is 0 Å². The monoisotopic (exact) mass is 315 g/mol. The molecule has 90 valence electrons. The lowest BCUT2D eigenvalue weighted by molar-refractivity contribution is 0.320. The van der Waals surface area contributed by atoms with E-state index in [0.717, 1.165) is 6.07 Å². The van der Waals surface area contributed by atoms with Gasteiger partial charge < -0.3 is 5.11 Å². The number of benzene rings is 1. The average molecular weight is 316 g/mol. The van der Waals surface area contributed by atoms with E-state index in [1.165, 1.54) is 0 Å². The predicted octanol–water partition coefficient (Wildman–Crippen LogP) is 1.46. The Labute approximate surface area is 99.5 Å². The third-order valence-corrected chi connectivity index (χ3v) is 3.49. The first-order valence-electron chi connectivity index (χ1n) is 4.11. The summed E-state index contributed by atoms with van der Waals surface area (Å²) in [7, 11) is -3.83. The topological polar surface area (TPSA) is 66.4 Å². The Hall–Kier alpha value is -0.730. The van der Waals surface area contributed by atoms with E-state index in [0.29, 0.717) is 6.07 Å². The molecule has 0 fully saturated rings. The molecule has 0 radical (unpaired) electrons. The molecular formula is C8H8BrF2NO3S. The maximum absolute atomic E-state index is 13.2. The zero-order valence-corrected chi connectivity index (χ0v) is 10.3. The molecule has 16 heavy (non-hydrogen) atoms. The molecule has 1 rings (SSSR count). The van der Waals surface area contributed by atoms with Crippen molar-refractivity contribution in [2.45, 2.75) is 0 Å². The van der Waals surface area contributed by atoms with Gasteiger partial charge in [0.2, 0.25) is 10.0 Å². The molecular weight excluding hydrogens is 308 g/mol. The molecule has 0 aliphatic heterocycles. The molecule has 0 unspecified atom stereocenters. The van der Waals surface area contributed by atoms with Crippen molar-refractivity contribution >= 4 is 31.6 Å². The minimum Gasteiger partial charge on any atom is -0.395 e. The zero-order chi connectivity index (χ0) is 12.3. The smallest absolute Gasteiger partial charge is 0.235 e. The Morgan fingerprint density at radius 3 is 2.50 bits per heavy atom. The standard InChI is InChI=1S/C8H8BrF2NO3S/c9-6-3-5(10)4-7(11)8(6)12-16(14,15)2-1-13/h3-4,12-13H,1-2H2. The van der Waals surface area contributed by atoms with Gasteiger partial charge >= 0.3 is 0 Å². The van der Waals surface area contributed by atoms with E-state index in [1.54, 1.807) is 0 Å². The maximum Gasteiger partial charge on any atom is 0.235 e. The quantitative estimate of drug-likeness (QED) is 0.884. The molecule has 8 heteroatoms. The Kier molecular flexibility index (Phi) is 4.22. The fraction of sp³-hybridized carbons (Fsp3) is 0.250. The number of hydrogen-bond donors (Lipinski definition) is 2. The van der Waals surface area contributed by atoms with E-state index < -0.39 is 34.0 Å². The molecule has 0 aromatic heterocycles. The summed E-state index contributed by atoms with van der Waals surface area (Å²) >= 11 is 2.83. The van der Waals surface area contributed by atoms with Crippen LogP contribution in [0.5, 0.6) is 0 Å². The van der Waals surface area contributed by atoms with Crippen molar-refractivity contribution in [2.24, 2.45) is 0 Å². The van der Waals surface area contributed by atoms with Crippen molar-refractivity contribution in [3.8, 4) is 0 Å². The number of aliphatic hydroxyl groups is 1. The molecule has 0 bridgehead atoms. The molecule has 0 atom stereocenters. The van der Waals surface area contributed by atoms with Crippen molar-refractivity contribution in [3.63, 3.8) is 0 Å². The Morgan fingerprint density at radius 1 is 1.38 bits per heavy atom. The Balaban J connectivity index is 3.07. The first-order chi connectivity index (χ1) is 7.35. The summed E-state index contributed by atoms with van der Waals surface area (Å²) in [6.07, 6.45) is 0. The van der Waals surface area contributed by atoms with Gasteiger partial charge in [0.05, 0.1) is 18.0 Å². The van der Waals surface area contributed by atoms with Gasteiger partial charge in [-0.25, -0.2) is 17.2 Å². The van der Waals surface area contributed by atoms with E-state index in [2.05, 4.69) is 15.9 Å². The second-order valence-electron chi connectivity index (χ2n) is 2.89. The van der Waals surface area contributed by atoms with E-state index in [4.69, 9.17) is 5.11 Å². The number of aliphatic hydroxyl groups excluding tert-OH is 1. The van der Waals surface area contributed by atoms with E-state index in [9.17, 15) is 17.2 Å². The lowest BCUT2D eigenvalue weighted by atomic mass is 10.3. The highest BCUT2D eigenvalue weighted by molar-refractivity contribution is 9.10. The van der Waals surface area contributed by atoms with Crippen LogP contribution in [-0.2, 0) is 10.0 Å². The van der Waals surface area contributed by atoms with Crippen LogP contribution in [0.25, 0.3) is 0 Å². The third kappa shape index (κ3) is 3.39. The molecule has 0 amide bonds. The first kappa shape index (κ1) is 13.3. The van der Waals surface area contributed by atoms with Crippen LogP contribution in [0.3, 0.4) is 0 Å². The SMILES string of the molecule is O=S(=O)(CCO)Nc1c(F)cc(F)cc1Br. The fourth-order valence-corrected chi connectivity index (χ4v) is 2.47. The summed E-state index contributed by atoms with van der Waals surface area (Å²) in [5, 5.41) is 8.48. The van der Waals surface area contributed by atoms with Crippen LogP contribution >= 0.6 is 15.9 Å². The summed E-state index contributed by atoms with van der Waals surface area (Å²) in [6.45, 7) is -0.588. The second kappa shape index (κ2) is 5.07. The minimum absolute atomic E-state index is 0.0495. The summed E-state index contributed by atoms with van der Waals surface area (Å²) in [5.74, 6) is -2.42. The number of sulfonamides is 1. The molecule has 2 N–H and O–H groups in total. The van der Waals surface area contributed by atoms with Crippen molar-refractivity contribution < 1.29 is 22.3 Å². The zero-order valence-electron chi connectivity index (χ0n) is 7.87. The molecule has 0 aliphatic carbocycles. The molecule has 0 aliphatic rings. The molecule has 4 nitrogen and oxygen atoms in total. The van der Waals surface area contributed by atoms with Crippen LogP contribution in [0.2, 0.25) is 0 Å². The summed E-state index contributed by atoms with van der Waals surface area (Å²) in [5.41, 5.74) is -0.380. The molecule has 1 aromatic rings. The molecule has 0 saturated heterocycles. The highest BCUT2D eigenvalue weighted by Gasteiger charge is 2.16. The van der Waals surface area contributed by atoms with Gasteiger partial charge in [0.1, 0.15) is 5.82 Å². The van der Waals surface area contributed by atoms with Crippen LogP contribution in [0.1, 0.15) is 0 Å². The molecule has 1 aromatic carbocycles. The largest absolute Gasteiger partial charge is 0.395 e. The van der Waals surface area contributed by atoms with Gasteiger partial charge in [0.15, 0.2) is 5.82 Å². The van der Waals surface area contributed by atoms with Crippen LogP contribution < -0.4 is 4.72 Å². The van der Waals surface area contributed by atoms with E-state index in [-0.39, 0.29) is 10.2 Å². The lowest BCUT2D eigenvalue weighted by Gasteiger charge is -2.09. The summed E-state index contributed by atoms with van der Waals surface area (Å²) in [4.78, 5) is 0. The normalized spacial score (nSPS) is 11.5. The second-order valence-corrected chi connectivity index (χ2v) is 5.59. The Morgan fingerprint density at radius 2 is 2.00 bits per heavy atom. The average Bonchev–Trinajstić information content (AvgIpc) is 2.11. The van der Waals surface area contributed by atoms with Crippen molar-refractivity contribution in [1.29, 1.82) is 0 Å². The van der Waals surface area contributed by atoms with Gasteiger partial charge in [-0.1, -0.05) is 0 Å². The Bertz CT molecular complexity index is 469. The number of anilines is 1. The van der Waals surface area contributed by atoms with Gasteiger partial charge in [-0.15, -0.1) is 0 Å². The van der Waals surface area contributed by atoms with Gasteiger partial charge in [0.25, 0.3) is 0 Å². The third-order valence-electron chi connectivity index (χ3n) is 1.62. The number of hydrogen-bond acceptors (Lipinski definition) is 3. The predicted molar refractivity (Wildman–Crippen MR) is 58.6 cm³/mol. The number of rotatable bonds is 4. The van der Waals surface area contributed by atoms with E-state index in [1.807, 2.05) is 4.72 Å². The maximum atomic E-state index is 13.2. The number of halogens is 3. The van der Waals surface area contributed by atoms with Crippen LogP contribution in [0, 0.1) is 11.6 Å². The van der Waals surface area contributed by atoms with Crippen LogP contribution in [0.4, 0.5) is 14.5 Å². The highest BCUT2D eigenvalue weighted by Crippen LogP contribution is 2.27. The van der Waals surface area contributed by atoms with Gasteiger partial charge in [-0.3, -0.25) is 4.72 Å². The molecule has 0 spiro atoms. The van der Waals surface area contributed by atoms with Crippen LogP contribution in [-0.4, -0.2) is 25.9 Å². The van der Waals surface area contributed by atoms with Gasteiger partial charge in [-0.05, 0) is 22.0 Å². The van der Waals surface area contributed by atoms with Crippen molar-refractivity contribution in [2.75, 3.05) is 17.1 Å². The van der Waals surface area contributed by atoms with Gasteiger partial charge in [0, 0.05) is 10.5 Å². The molecule has 0 saturated carbocycles. The van der Waals surface area contributed by atoms with Crippen molar-refractivity contribution in [3.05, 3.63) is 28.2 Å². The fourth-order valence-electron chi connectivity index (χ4n) is 0.966. The lowest BCUT2D eigenvalue weighted by Crippen LogP contribution is -2.20. The summed E-state index contributed by atoms with van der Waals surface area (Å²) in [6, 6.07) is 1.49. The minimum atomic E-state index is -3.83. The van der Waals surface area contributed by atoms with Crippen molar-refractivity contribution in [1.82, 2.24) is 0 Å². The number of nitrogens with one attached hydrogen (secondary N) is 1. The first-order valence-corrected chi connectivity index (χ1v) is 6.56. The van der Waals surface area contributed by atoms with Crippen LogP contribution in [0.15, 0.2) is 16.6 Å². The van der Waals surface area contributed by atoms with Gasteiger partial charge in [-0.2, -0.15) is 0 Å². The molecule has 0 heterocycles.